The van der Waals surface area contributed by atoms with Gasteiger partial charge in [0.1, 0.15) is 6.29 Å². The Morgan fingerprint density at radius 2 is 2.00 bits per heavy atom. The Kier molecular flexibility index (Phi) is 2.48. The molecule has 17 heavy (non-hydrogen) atoms. The standard InChI is InChI=1S/C13H12N2O2/c16-8-9-4-6-10(7-5-9)12-14-13(17-15-12)11-2-1-3-11/h4-8,11H,1-3H2. The van der Waals surface area contributed by atoms with E-state index in [1.165, 1.54) is 6.42 Å². The van der Waals surface area contributed by atoms with Crippen molar-refractivity contribution < 1.29 is 9.32 Å². The Morgan fingerprint density at radius 1 is 1.24 bits per heavy atom. The van der Waals surface area contributed by atoms with E-state index in [0.717, 1.165) is 30.6 Å². The SMILES string of the molecule is O=Cc1ccc(-c2noc(C3CCC3)n2)cc1. The van der Waals surface area contributed by atoms with Crippen molar-refractivity contribution in [3.05, 3.63) is 35.7 Å². The van der Waals surface area contributed by atoms with Crippen LogP contribution in [0, 0.1) is 0 Å². The Morgan fingerprint density at radius 3 is 2.59 bits per heavy atom. The molecule has 1 aromatic carbocycles. The molecule has 0 N–H and O–H groups in total. The van der Waals surface area contributed by atoms with E-state index in [-0.39, 0.29) is 0 Å². The predicted molar refractivity (Wildman–Crippen MR) is 61.7 cm³/mol. The van der Waals surface area contributed by atoms with Crippen molar-refractivity contribution >= 4 is 6.29 Å². The summed E-state index contributed by atoms with van der Waals surface area (Å²) in [6.07, 6.45) is 4.35. The fraction of sp³-hybridized carbons (Fsp3) is 0.308. The average Bonchev–Trinajstić information content (AvgIpc) is 2.76. The van der Waals surface area contributed by atoms with Crippen molar-refractivity contribution in [2.75, 3.05) is 0 Å². The lowest BCUT2D eigenvalue weighted by molar-refractivity contribution is 0.112. The predicted octanol–water partition coefficient (Wildman–Crippen LogP) is 2.82. The van der Waals surface area contributed by atoms with Gasteiger partial charge in [-0.25, -0.2) is 0 Å². The maximum Gasteiger partial charge on any atom is 0.230 e. The van der Waals surface area contributed by atoms with Gasteiger partial charge in [-0.15, -0.1) is 0 Å². The van der Waals surface area contributed by atoms with Crippen LogP contribution in [0.25, 0.3) is 11.4 Å². The van der Waals surface area contributed by atoms with Gasteiger partial charge in [0.15, 0.2) is 0 Å². The highest BCUT2D eigenvalue weighted by Gasteiger charge is 2.25. The summed E-state index contributed by atoms with van der Waals surface area (Å²) in [4.78, 5) is 14.9. The molecule has 4 nitrogen and oxygen atoms in total. The largest absolute Gasteiger partial charge is 0.339 e. The zero-order chi connectivity index (χ0) is 11.7. The Labute approximate surface area is 98.7 Å². The lowest BCUT2D eigenvalue weighted by Gasteiger charge is -2.20. The van der Waals surface area contributed by atoms with Gasteiger partial charge in [0.05, 0.1) is 0 Å². The van der Waals surface area contributed by atoms with Gasteiger partial charge in [0.25, 0.3) is 0 Å². The second-order valence-corrected chi connectivity index (χ2v) is 4.32. The molecule has 1 aromatic heterocycles. The second kappa shape index (κ2) is 4.13. The summed E-state index contributed by atoms with van der Waals surface area (Å²) < 4.78 is 5.25. The molecule has 0 bridgehead atoms. The second-order valence-electron chi connectivity index (χ2n) is 4.32. The third-order valence-electron chi connectivity index (χ3n) is 3.20. The third kappa shape index (κ3) is 1.86. The van der Waals surface area contributed by atoms with E-state index in [2.05, 4.69) is 10.1 Å². The molecule has 1 fully saturated rings. The number of aromatic nitrogens is 2. The minimum absolute atomic E-state index is 0.450. The average molecular weight is 228 g/mol. The molecule has 1 heterocycles. The highest BCUT2D eigenvalue weighted by molar-refractivity contribution is 5.76. The fourth-order valence-corrected chi connectivity index (χ4v) is 1.88. The highest BCUT2D eigenvalue weighted by Crippen LogP contribution is 2.35. The number of nitrogens with zero attached hydrogens (tertiary/aromatic N) is 2. The van der Waals surface area contributed by atoms with Crippen LogP contribution in [0.15, 0.2) is 28.8 Å². The molecule has 2 aromatic rings. The molecule has 0 amide bonds. The lowest BCUT2D eigenvalue weighted by Crippen LogP contribution is -2.08. The lowest BCUT2D eigenvalue weighted by atomic mass is 9.85. The number of benzene rings is 1. The number of aldehydes is 1. The molecule has 3 rings (SSSR count). The van der Waals surface area contributed by atoms with Crippen LogP contribution in [0.5, 0.6) is 0 Å². The first kappa shape index (κ1) is 10.2. The van der Waals surface area contributed by atoms with Crippen LogP contribution in [0.2, 0.25) is 0 Å². The molecule has 0 radical (unpaired) electrons. The minimum atomic E-state index is 0.450. The summed E-state index contributed by atoms with van der Waals surface area (Å²) in [5.41, 5.74) is 1.53. The molecule has 0 saturated heterocycles. The quantitative estimate of drug-likeness (QED) is 0.758. The van der Waals surface area contributed by atoms with E-state index >= 15 is 0 Å². The number of carbonyl (C=O) groups excluding carboxylic acids is 1. The summed E-state index contributed by atoms with van der Waals surface area (Å²) in [6.45, 7) is 0. The van der Waals surface area contributed by atoms with Crippen molar-refractivity contribution in [3.63, 3.8) is 0 Å². The van der Waals surface area contributed by atoms with Gasteiger partial charge in [-0.2, -0.15) is 4.98 Å². The first-order valence-electron chi connectivity index (χ1n) is 5.76. The van der Waals surface area contributed by atoms with E-state index in [0.29, 0.717) is 17.3 Å². The first-order chi connectivity index (χ1) is 8.36. The monoisotopic (exact) mass is 228 g/mol. The van der Waals surface area contributed by atoms with Gasteiger partial charge < -0.3 is 4.52 Å². The molecule has 86 valence electrons. The maximum atomic E-state index is 10.5. The van der Waals surface area contributed by atoms with Gasteiger partial charge >= 0.3 is 0 Å². The molecular formula is C13H12N2O2. The van der Waals surface area contributed by atoms with E-state index < -0.39 is 0 Å². The first-order valence-corrected chi connectivity index (χ1v) is 5.76. The molecule has 1 aliphatic carbocycles. The zero-order valence-corrected chi connectivity index (χ0v) is 9.30. The van der Waals surface area contributed by atoms with E-state index in [4.69, 9.17) is 4.52 Å². The van der Waals surface area contributed by atoms with Gasteiger partial charge in [-0.3, -0.25) is 4.79 Å². The molecule has 1 aliphatic rings. The summed E-state index contributed by atoms with van der Waals surface area (Å²) >= 11 is 0. The van der Waals surface area contributed by atoms with Crippen LogP contribution in [-0.4, -0.2) is 16.4 Å². The summed E-state index contributed by atoms with van der Waals surface area (Å²) in [5, 5.41) is 3.97. The maximum absolute atomic E-state index is 10.5. The van der Waals surface area contributed by atoms with E-state index in [9.17, 15) is 4.79 Å². The van der Waals surface area contributed by atoms with Crippen LogP contribution in [0.3, 0.4) is 0 Å². The number of carbonyl (C=O) groups is 1. The number of hydrogen-bond acceptors (Lipinski definition) is 4. The van der Waals surface area contributed by atoms with E-state index in [1.807, 2.05) is 12.1 Å². The Balaban J connectivity index is 1.86. The molecule has 1 saturated carbocycles. The van der Waals surface area contributed by atoms with E-state index in [1.54, 1.807) is 12.1 Å². The minimum Gasteiger partial charge on any atom is -0.339 e. The van der Waals surface area contributed by atoms with Crippen LogP contribution < -0.4 is 0 Å². The number of rotatable bonds is 3. The van der Waals surface area contributed by atoms with Gasteiger partial charge in [-0.1, -0.05) is 35.8 Å². The normalized spacial score (nSPS) is 15.5. The Bertz CT molecular complexity index is 527. The van der Waals surface area contributed by atoms with Crippen molar-refractivity contribution in [1.82, 2.24) is 10.1 Å². The fourth-order valence-electron chi connectivity index (χ4n) is 1.88. The van der Waals surface area contributed by atoms with Crippen LogP contribution >= 0.6 is 0 Å². The topological polar surface area (TPSA) is 56.0 Å². The third-order valence-corrected chi connectivity index (χ3v) is 3.20. The summed E-state index contributed by atoms with van der Waals surface area (Å²) in [6, 6.07) is 7.17. The molecular weight excluding hydrogens is 216 g/mol. The zero-order valence-electron chi connectivity index (χ0n) is 9.30. The summed E-state index contributed by atoms with van der Waals surface area (Å²) in [7, 11) is 0. The van der Waals surface area contributed by atoms with Crippen molar-refractivity contribution in [1.29, 1.82) is 0 Å². The van der Waals surface area contributed by atoms with Crippen LogP contribution in [0.1, 0.15) is 41.4 Å². The van der Waals surface area contributed by atoms with Crippen LogP contribution in [0.4, 0.5) is 0 Å². The smallest absolute Gasteiger partial charge is 0.230 e. The summed E-state index contributed by atoms with van der Waals surface area (Å²) in [5.74, 6) is 1.79. The molecule has 0 aliphatic heterocycles. The molecule has 0 spiro atoms. The Hall–Kier alpha value is -1.97. The van der Waals surface area contributed by atoms with Gasteiger partial charge in [0.2, 0.25) is 11.7 Å². The van der Waals surface area contributed by atoms with Gasteiger partial charge in [0, 0.05) is 17.0 Å². The highest BCUT2D eigenvalue weighted by atomic mass is 16.5. The van der Waals surface area contributed by atoms with Crippen molar-refractivity contribution in [2.45, 2.75) is 25.2 Å². The van der Waals surface area contributed by atoms with Gasteiger partial charge in [-0.05, 0) is 12.8 Å². The molecule has 4 heteroatoms. The van der Waals surface area contributed by atoms with Crippen molar-refractivity contribution in [2.24, 2.45) is 0 Å². The molecule has 0 unspecified atom stereocenters. The molecule has 0 atom stereocenters. The van der Waals surface area contributed by atoms with Crippen molar-refractivity contribution in [3.8, 4) is 11.4 Å². The number of hydrogen-bond donors (Lipinski definition) is 0. The van der Waals surface area contributed by atoms with Crippen LogP contribution in [-0.2, 0) is 0 Å².